The smallest absolute Gasteiger partial charge is 0.303 e. The molecule has 0 amide bonds. The molecule has 0 aliphatic carbocycles. The monoisotopic (exact) mass is 476 g/mol. The van der Waals surface area contributed by atoms with Crippen molar-refractivity contribution >= 4 is 24.7 Å². The first kappa shape index (κ1) is 24.5. The molecule has 0 bridgehead atoms. The van der Waals surface area contributed by atoms with Crippen LogP contribution in [-0.2, 0) is 13.9 Å². The summed E-state index contributed by atoms with van der Waals surface area (Å²) in [7, 11) is -3.34. The molecule has 0 unspecified atom stereocenters. The fraction of sp³-hybridized carbons (Fsp3) is 0.409. The molecule has 10 nitrogen and oxygen atoms in total. The number of carbonyl (C=O) groups is 1. The van der Waals surface area contributed by atoms with Gasteiger partial charge < -0.3 is 9.63 Å². The molecule has 33 heavy (non-hydrogen) atoms. The molecule has 11 heteroatoms. The fourth-order valence-electron chi connectivity index (χ4n) is 4.22. The number of carboxylic acid groups (broad SMARTS) is 1. The second-order valence-corrected chi connectivity index (χ2v) is 10.8. The Balaban J connectivity index is 1.82. The summed E-state index contributed by atoms with van der Waals surface area (Å²) in [4.78, 5) is 31.6. The molecule has 0 saturated carbocycles. The Morgan fingerprint density at radius 1 is 0.879 bits per heavy atom. The third kappa shape index (κ3) is 5.83. The van der Waals surface area contributed by atoms with Gasteiger partial charge in [-0.15, -0.1) is 0 Å². The predicted molar refractivity (Wildman–Crippen MR) is 121 cm³/mol. The molecule has 2 atom stereocenters. The molecule has 0 spiro atoms. The van der Waals surface area contributed by atoms with Crippen molar-refractivity contribution in [2.75, 3.05) is 6.61 Å². The maximum Gasteiger partial charge on any atom is 0.303 e. The lowest BCUT2D eigenvalue weighted by atomic mass is 10.0. The van der Waals surface area contributed by atoms with Crippen LogP contribution in [0.25, 0.3) is 0 Å². The summed E-state index contributed by atoms with van der Waals surface area (Å²) in [6.45, 7) is 0.198. The summed E-state index contributed by atoms with van der Waals surface area (Å²) in [5, 5.41) is 30.7. The molecule has 1 heterocycles. The first-order valence-electron chi connectivity index (χ1n) is 10.7. The third-order valence-electron chi connectivity index (χ3n) is 5.89. The Labute approximate surface area is 190 Å². The maximum absolute atomic E-state index is 14.3. The van der Waals surface area contributed by atoms with Crippen molar-refractivity contribution in [3.63, 3.8) is 0 Å². The van der Waals surface area contributed by atoms with Crippen molar-refractivity contribution < 1.29 is 28.8 Å². The number of nitro benzene ring substituents is 2. The average molecular weight is 476 g/mol. The first-order chi connectivity index (χ1) is 15.7. The summed E-state index contributed by atoms with van der Waals surface area (Å²) in [6.07, 6.45) is 2.84. The Morgan fingerprint density at radius 3 is 1.73 bits per heavy atom. The minimum absolute atomic E-state index is 0.0575. The van der Waals surface area contributed by atoms with Gasteiger partial charge in [0.1, 0.15) is 0 Å². The van der Waals surface area contributed by atoms with E-state index in [0.717, 1.165) is 0 Å². The van der Waals surface area contributed by atoms with Gasteiger partial charge >= 0.3 is 5.97 Å². The molecule has 1 N–H and O–H groups in total. The highest BCUT2D eigenvalue weighted by Gasteiger charge is 2.48. The summed E-state index contributed by atoms with van der Waals surface area (Å²) in [5.41, 5.74) is 0.379. The molecule has 2 aromatic rings. The van der Waals surface area contributed by atoms with E-state index in [2.05, 4.69) is 0 Å². The molecule has 1 fully saturated rings. The number of nitrogens with zero attached hydrogens (tertiary/aromatic N) is 2. The van der Waals surface area contributed by atoms with Gasteiger partial charge in [-0.2, -0.15) is 0 Å². The number of benzene rings is 2. The van der Waals surface area contributed by atoms with Crippen LogP contribution < -0.4 is 0 Å². The first-order valence-corrected chi connectivity index (χ1v) is 12.4. The summed E-state index contributed by atoms with van der Waals surface area (Å²) in [5.74, 6) is -0.865. The van der Waals surface area contributed by atoms with Crippen LogP contribution in [0.2, 0.25) is 0 Å². The third-order valence-corrected chi connectivity index (χ3v) is 9.32. The van der Waals surface area contributed by atoms with Crippen LogP contribution in [0.1, 0.15) is 61.0 Å². The average Bonchev–Trinajstić information content (AvgIpc) is 3.13. The fourth-order valence-corrected chi connectivity index (χ4v) is 7.62. The molecule has 3 rings (SSSR count). The van der Waals surface area contributed by atoms with Crippen molar-refractivity contribution in [1.82, 2.24) is 0 Å². The quantitative estimate of drug-likeness (QED) is 0.179. The van der Waals surface area contributed by atoms with Crippen molar-refractivity contribution in [3.8, 4) is 0 Å². The number of nitro groups is 2. The molecule has 2 aromatic carbocycles. The Morgan fingerprint density at radius 2 is 1.33 bits per heavy atom. The van der Waals surface area contributed by atoms with Crippen molar-refractivity contribution in [3.05, 3.63) is 79.9 Å². The van der Waals surface area contributed by atoms with Crippen molar-refractivity contribution in [2.45, 2.75) is 49.8 Å². The lowest BCUT2D eigenvalue weighted by molar-refractivity contribution is -0.385. The van der Waals surface area contributed by atoms with Gasteiger partial charge in [0, 0.05) is 30.7 Å². The van der Waals surface area contributed by atoms with E-state index in [1.165, 1.54) is 24.3 Å². The number of unbranched alkanes of at least 4 members (excludes halogenated alkanes) is 2. The standard InChI is InChI=1S/C22H25N2O8P/c25-22(26)4-2-1-3-15-32-33(31)20(16-5-9-18(10-6-16)23(27)28)13-14-21(33)17-7-11-19(12-8-17)24(29)30/h5-12,20-21H,1-4,13-15H2,(H,25,26)/t20-,21-/m0/s1. The SMILES string of the molecule is O=C(O)CCCCCOP1(=O)[C@H](c2ccc([N+](=O)[O-])cc2)CC[C@H]1c1ccc([N+](=O)[O-])cc1. The van der Waals surface area contributed by atoms with Crippen LogP contribution in [0.3, 0.4) is 0 Å². The molecular formula is C22H25N2O8P. The van der Waals surface area contributed by atoms with Gasteiger partial charge in [0.05, 0.1) is 27.8 Å². The summed E-state index contributed by atoms with van der Waals surface area (Å²) < 4.78 is 20.3. The van der Waals surface area contributed by atoms with E-state index < -0.39 is 34.5 Å². The zero-order chi connectivity index (χ0) is 24.0. The topological polar surface area (TPSA) is 150 Å². The van der Waals surface area contributed by atoms with E-state index in [1.807, 2.05) is 0 Å². The van der Waals surface area contributed by atoms with E-state index >= 15 is 0 Å². The van der Waals surface area contributed by atoms with Crippen LogP contribution in [-0.4, -0.2) is 27.5 Å². The number of aliphatic carboxylic acids is 1. The summed E-state index contributed by atoms with van der Waals surface area (Å²) in [6, 6.07) is 11.9. The van der Waals surface area contributed by atoms with E-state index in [0.29, 0.717) is 43.2 Å². The minimum atomic E-state index is -3.34. The van der Waals surface area contributed by atoms with Gasteiger partial charge in [-0.1, -0.05) is 30.7 Å². The van der Waals surface area contributed by atoms with E-state index in [-0.39, 0.29) is 24.4 Å². The lowest BCUT2D eigenvalue weighted by Crippen LogP contribution is -2.05. The number of carboxylic acids is 1. The highest BCUT2D eigenvalue weighted by Crippen LogP contribution is 2.77. The number of non-ortho nitro benzene ring substituents is 2. The van der Waals surface area contributed by atoms with Gasteiger partial charge in [-0.25, -0.2) is 0 Å². The number of hydrogen-bond acceptors (Lipinski definition) is 7. The highest BCUT2D eigenvalue weighted by atomic mass is 31.2. The van der Waals surface area contributed by atoms with Crippen molar-refractivity contribution in [1.29, 1.82) is 0 Å². The maximum atomic E-state index is 14.3. The van der Waals surface area contributed by atoms with Gasteiger partial charge in [-0.3, -0.25) is 29.6 Å². The van der Waals surface area contributed by atoms with Gasteiger partial charge in [0.2, 0.25) is 7.37 Å². The van der Waals surface area contributed by atoms with Gasteiger partial charge in [0.15, 0.2) is 0 Å². The Kier molecular flexibility index (Phi) is 7.94. The minimum Gasteiger partial charge on any atom is -0.481 e. The van der Waals surface area contributed by atoms with E-state index in [1.54, 1.807) is 24.3 Å². The molecule has 1 aliphatic heterocycles. The lowest BCUT2D eigenvalue weighted by Gasteiger charge is -2.26. The molecule has 0 aromatic heterocycles. The zero-order valence-corrected chi connectivity index (χ0v) is 18.8. The molecular weight excluding hydrogens is 451 g/mol. The van der Waals surface area contributed by atoms with Crippen LogP contribution in [0.4, 0.5) is 11.4 Å². The van der Waals surface area contributed by atoms with E-state index in [4.69, 9.17) is 9.63 Å². The van der Waals surface area contributed by atoms with Gasteiger partial charge in [0.25, 0.3) is 11.4 Å². The van der Waals surface area contributed by atoms with Crippen LogP contribution in [0.15, 0.2) is 48.5 Å². The van der Waals surface area contributed by atoms with E-state index in [9.17, 15) is 29.6 Å². The largest absolute Gasteiger partial charge is 0.481 e. The Hall–Kier alpha value is -3.10. The number of hydrogen-bond donors (Lipinski definition) is 1. The second-order valence-electron chi connectivity index (χ2n) is 7.99. The van der Waals surface area contributed by atoms with Crippen LogP contribution in [0, 0.1) is 20.2 Å². The predicted octanol–water partition coefficient (Wildman–Crippen LogP) is 6.02. The highest BCUT2D eigenvalue weighted by molar-refractivity contribution is 7.60. The van der Waals surface area contributed by atoms with Crippen molar-refractivity contribution in [2.24, 2.45) is 0 Å². The molecule has 1 saturated heterocycles. The van der Waals surface area contributed by atoms with Crippen LogP contribution in [0.5, 0.6) is 0 Å². The Bertz CT molecular complexity index is 986. The van der Waals surface area contributed by atoms with Gasteiger partial charge in [-0.05, 0) is 36.8 Å². The second kappa shape index (κ2) is 10.7. The van der Waals surface area contributed by atoms with Crippen LogP contribution >= 0.6 is 7.37 Å². The normalized spacial score (nSPS) is 19.3. The summed E-state index contributed by atoms with van der Waals surface area (Å²) >= 11 is 0. The molecule has 0 radical (unpaired) electrons. The zero-order valence-electron chi connectivity index (χ0n) is 17.9. The number of rotatable bonds is 11. The molecule has 176 valence electrons. The molecule has 1 aliphatic rings.